The predicted octanol–water partition coefficient (Wildman–Crippen LogP) is 4.72. The topological polar surface area (TPSA) is 66.8 Å². The van der Waals surface area contributed by atoms with E-state index in [0.29, 0.717) is 17.8 Å². The van der Waals surface area contributed by atoms with Gasteiger partial charge in [-0.3, -0.25) is 14.5 Å². The third-order valence-corrected chi connectivity index (χ3v) is 6.09. The number of amides is 2. The van der Waals surface area contributed by atoms with Crippen molar-refractivity contribution in [3.8, 4) is 11.5 Å². The van der Waals surface area contributed by atoms with E-state index < -0.39 is 0 Å². The second kappa shape index (κ2) is 8.61. The van der Waals surface area contributed by atoms with Crippen molar-refractivity contribution in [1.82, 2.24) is 4.90 Å². The van der Waals surface area contributed by atoms with Crippen LogP contribution in [0, 0.1) is 7.14 Å². The summed E-state index contributed by atoms with van der Waals surface area (Å²) in [5.41, 5.74) is 0.766. The van der Waals surface area contributed by atoms with Gasteiger partial charge in [-0.05, 0) is 92.8 Å². The first-order valence-electron chi connectivity index (χ1n) is 7.57. The van der Waals surface area contributed by atoms with Crippen LogP contribution < -0.4 is 4.74 Å². The smallest absolute Gasteiger partial charge is 0.293 e. The lowest BCUT2D eigenvalue weighted by Crippen LogP contribution is -2.32. The molecule has 134 valence electrons. The van der Waals surface area contributed by atoms with Crippen LogP contribution in [-0.4, -0.2) is 34.3 Å². The Morgan fingerprint density at radius 1 is 1.12 bits per heavy atom. The minimum atomic E-state index is -0.324. The SMILES string of the molecule is O=C1S/C(=C\c2cc(I)c(O)c(I)c2)C(=O)N1CCOc1ccccc1. The first kappa shape index (κ1) is 19.5. The van der Waals surface area contributed by atoms with E-state index in [1.807, 2.05) is 75.5 Å². The lowest BCUT2D eigenvalue weighted by molar-refractivity contribution is -0.123. The van der Waals surface area contributed by atoms with Crippen LogP contribution in [0.3, 0.4) is 0 Å². The van der Waals surface area contributed by atoms with Gasteiger partial charge in [0.2, 0.25) is 0 Å². The second-order valence-electron chi connectivity index (χ2n) is 5.33. The van der Waals surface area contributed by atoms with Gasteiger partial charge >= 0.3 is 0 Å². The van der Waals surface area contributed by atoms with Crippen molar-refractivity contribution in [3.63, 3.8) is 0 Å². The molecule has 1 N–H and O–H groups in total. The molecule has 5 nitrogen and oxygen atoms in total. The second-order valence-corrected chi connectivity index (χ2v) is 8.65. The number of para-hydroxylation sites is 1. The van der Waals surface area contributed by atoms with Gasteiger partial charge in [-0.25, -0.2) is 0 Å². The van der Waals surface area contributed by atoms with Crippen molar-refractivity contribution in [2.45, 2.75) is 0 Å². The molecule has 2 amide bonds. The predicted molar refractivity (Wildman–Crippen MR) is 118 cm³/mol. The maximum absolute atomic E-state index is 12.5. The fraction of sp³-hybridized carbons (Fsp3) is 0.111. The molecule has 0 spiro atoms. The van der Waals surface area contributed by atoms with E-state index in [4.69, 9.17) is 4.74 Å². The van der Waals surface area contributed by atoms with Gasteiger partial charge in [-0.1, -0.05) is 18.2 Å². The van der Waals surface area contributed by atoms with Gasteiger partial charge in [0.1, 0.15) is 18.1 Å². The minimum Gasteiger partial charge on any atom is -0.506 e. The maximum atomic E-state index is 12.5. The first-order chi connectivity index (χ1) is 12.5. The van der Waals surface area contributed by atoms with Crippen LogP contribution in [0.15, 0.2) is 47.4 Å². The van der Waals surface area contributed by atoms with Gasteiger partial charge in [0.15, 0.2) is 0 Å². The Bertz CT molecular complexity index is 863. The molecule has 0 unspecified atom stereocenters. The average Bonchev–Trinajstić information content (AvgIpc) is 2.88. The van der Waals surface area contributed by atoms with Crippen LogP contribution in [0.25, 0.3) is 6.08 Å². The number of rotatable bonds is 5. The number of hydrogen-bond acceptors (Lipinski definition) is 5. The molecule has 0 saturated carbocycles. The molecular formula is C18H13I2NO4S. The van der Waals surface area contributed by atoms with Gasteiger partial charge in [-0.15, -0.1) is 0 Å². The highest BCUT2D eigenvalue weighted by molar-refractivity contribution is 14.1. The molecule has 0 aliphatic carbocycles. The molecule has 1 heterocycles. The van der Waals surface area contributed by atoms with Gasteiger partial charge in [0, 0.05) is 0 Å². The van der Waals surface area contributed by atoms with E-state index in [-0.39, 0.29) is 30.0 Å². The van der Waals surface area contributed by atoms with E-state index in [9.17, 15) is 14.7 Å². The molecule has 2 aromatic rings. The molecule has 2 aromatic carbocycles. The molecule has 0 aromatic heterocycles. The number of hydrogen-bond donors (Lipinski definition) is 1. The number of carbonyl (C=O) groups excluding carboxylic acids is 2. The quantitative estimate of drug-likeness (QED) is 0.402. The Kier molecular flexibility index (Phi) is 6.46. The highest BCUT2D eigenvalue weighted by Gasteiger charge is 2.34. The summed E-state index contributed by atoms with van der Waals surface area (Å²) in [7, 11) is 0. The van der Waals surface area contributed by atoms with E-state index >= 15 is 0 Å². The molecule has 26 heavy (non-hydrogen) atoms. The molecule has 1 fully saturated rings. The number of nitrogens with zero attached hydrogens (tertiary/aromatic N) is 1. The lowest BCUT2D eigenvalue weighted by atomic mass is 10.2. The van der Waals surface area contributed by atoms with Crippen LogP contribution in [0.2, 0.25) is 0 Å². The summed E-state index contributed by atoms with van der Waals surface area (Å²) in [5.74, 6) is 0.590. The number of benzene rings is 2. The fourth-order valence-corrected chi connectivity index (χ4v) is 4.97. The van der Waals surface area contributed by atoms with Crippen molar-refractivity contribution in [3.05, 3.63) is 60.1 Å². The minimum absolute atomic E-state index is 0.196. The number of ether oxygens (including phenoxy) is 1. The molecule has 1 aliphatic rings. The first-order valence-corrected chi connectivity index (χ1v) is 10.5. The van der Waals surface area contributed by atoms with Gasteiger partial charge in [0.05, 0.1) is 18.6 Å². The highest BCUT2D eigenvalue weighted by Crippen LogP contribution is 2.34. The third-order valence-electron chi connectivity index (χ3n) is 3.54. The Morgan fingerprint density at radius 3 is 2.42 bits per heavy atom. The van der Waals surface area contributed by atoms with E-state index in [2.05, 4.69) is 0 Å². The van der Waals surface area contributed by atoms with Gasteiger partial charge in [0.25, 0.3) is 11.1 Å². The van der Waals surface area contributed by atoms with E-state index in [0.717, 1.165) is 17.3 Å². The number of halogens is 2. The summed E-state index contributed by atoms with van der Waals surface area (Å²) >= 11 is 4.97. The van der Waals surface area contributed by atoms with Crippen LogP contribution in [-0.2, 0) is 4.79 Å². The number of phenolic OH excluding ortho intramolecular Hbond substituents is 1. The number of phenols is 1. The molecule has 0 bridgehead atoms. The summed E-state index contributed by atoms with van der Waals surface area (Å²) < 4.78 is 6.94. The summed E-state index contributed by atoms with van der Waals surface area (Å²) in [6, 6.07) is 12.8. The number of imide groups is 1. The number of thioether (sulfide) groups is 1. The van der Waals surface area contributed by atoms with Crippen LogP contribution in [0.1, 0.15) is 5.56 Å². The van der Waals surface area contributed by atoms with Gasteiger partial charge < -0.3 is 9.84 Å². The Balaban J connectivity index is 1.68. The third kappa shape index (κ3) is 4.52. The Morgan fingerprint density at radius 2 is 1.77 bits per heavy atom. The summed E-state index contributed by atoms with van der Waals surface area (Å²) in [4.78, 5) is 26.2. The van der Waals surface area contributed by atoms with Gasteiger partial charge in [-0.2, -0.15) is 0 Å². The molecule has 8 heteroatoms. The average molecular weight is 593 g/mol. The van der Waals surface area contributed by atoms with Crippen molar-refractivity contribution in [2.75, 3.05) is 13.2 Å². The molecular weight excluding hydrogens is 580 g/mol. The highest BCUT2D eigenvalue weighted by atomic mass is 127. The van der Waals surface area contributed by atoms with Crippen LogP contribution in [0.4, 0.5) is 4.79 Å². The van der Waals surface area contributed by atoms with E-state index in [1.165, 1.54) is 4.90 Å². The van der Waals surface area contributed by atoms with Crippen molar-refractivity contribution in [1.29, 1.82) is 0 Å². The van der Waals surface area contributed by atoms with E-state index in [1.54, 1.807) is 18.2 Å². The molecule has 1 saturated heterocycles. The van der Waals surface area contributed by atoms with Crippen LogP contribution in [0.5, 0.6) is 11.5 Å². The fourth-order valence-electron chi connectivity index (χ4n) is 2.28. The maximum Gasteiger partial charge on any atom is 0.293 e. The zero-order chi connectivity index (χ0) is 18.7. The van der Waals surface area contributed by atoms with Crippen LogP contribution >= 0.6 is 56.9 Å². The number of aromatic hydroxyl groups is 1. The molecule has 0 atom stereocenters. The standard InChI is InChI=1S/C18H13I2NO4S/c19-13-8-11(9-14(20)16(13)22)10-15-17(23)21(18(24)26-15)6-7-25-12-4-2-1-3-5-12/h1-5,8-10,22H,6-7H2/b15-10-. The monoisotopic (exact) mass is 593 g/mol. The zero-order valence-electron chi connectivity index (χ0n) is 13.3. The largest absolute Gasteiger partial charge is 0.506 e. The Labute approximate surface area is 182 Å². The molecule has 3 rings (SSSR count). The summed E-state index contributed by atoms with van der Waals surface area (Å²) in [6.07, 6.45) is 1.67. The van der Waals surface area contributed by atoms with Crippen molar-refractivity contribution in [2.24, 2.45) is 0 Å². The zero-order valence-corrected chi connectivity index (χ0v) is 18.4. The van der Waals surface area contributed by atoms with Crippen molar-refractivity contribution < 1.29 is 19.4 Å². The number of carbonyl (C=O) groups is 2. The van der Waals surface area contributed by atoms with Crippen molar-refractivity contribution >= 4 is 74.2 Å². The molecule has 1 aliphatic heterocycles. The summed E-state index contributed by atoms with van der Waals surface area (Å²) in [5, 5.41) is 9.53. The lowest BCUT2D eigenvalue weighted by Gasteiger charge is -2.13. The normalized spacial score (nSPS) is 15.8. The Hall–Kier alpha value is -1.27. The summed E-state index contributed by atoms with van der Waals surface area (Å²) in [6.45, 7) is 0.436. The molecule has 0 radical (unpaired) electrons.